The number of ether oxygens (including phenoxy) is 1. The van der Waals surface area contributed by atoms with Crippen LogP contribution in [0.25, 0.3) is 0 Å². The van der Waals surface area contributed by atoms with Crippen LogP contribution in [0.5, 0.6) is 5.75 Å². The minimum Gasteiger partial charge on any atom is -0.491 e. The molecule has 1 amide bonds. The molecule has 30 heavy (non-hydrogen) atoms. The van der Waals surface area contributed by atoms with Crippen molar-refractivity contribution in [2.45, 2.75) is 65.0 Å². The minimum absolute atomic E-state index is 0.0402. The number of carbonyl (C=O) groups is 1. The Morgan fingerprint density at radius 1 is 1.00 bits per heavy atom. The molecule has 3 rings (SSSR count). The lowest BCUT2D eigenvalue weighted by Gasteiger charge is -2.29. The van der Waals surface area contributed by atoms with Gasteiger partial charge in [-0.05, 0) is 80.6 Å². The summed E-state index contributed by atoms with van der Waals surface area (Å²) < 4.78 is 5.67. The average Bonchev–Trinajstić information content (AvgIpc) is 3.22. The molecule has 0 saturated carbocycles. The molecule has 1 unspecified atom stereocenters. The first kappa shape index (κ1) is 22.4. The van der Waals surface area contributed by atoms with Crippen molar-refractivity contribution < 1.29 is 9.53 Å². The molecular weight excluding hydrogens is 372 g/mol. The average molecular weight is 409 g/mol. The molecule has 0 aliphatic carbocycles. The molecule has 0 spiro atoms. The highest BCUT2D eigenvalue weighted by molar-refractivity contribution is 5.94. The fraction of sp³-hybridized carbons (Fsp3) is 0.500. The Balaban J connectivity index is 1.69. The maximum absolute atomic E-state index is 12.7. The Bertz CT molecular complexity index is 814. The predicted octanol–water partition coefficient (Wildman–Crippen LogP) is 5.34. The second kappa shape index (κ2) is 9.65. The van der Waals surface area contributed by atoms with Crippen molar-refractivity contribution in [3.8, 4) is 5.75 Å². The van der Waals surface area contributed by atoms with Crippen molar-refractivity contribution in [1.29, 1.82) is 0 Å². The molecule has 0 radical (unpaired) electrons. The monoisotopic (exact) mass is 408 g/mol. The minimum atomic E-state index is -0.0402. The van der Waals surface area contributed by atoms with Gasteiger partial charge >= 0.3 is 0 Å². The van der Waals surface area contributed by atoms with Gasteiger partial charge in [-0.1, -0.05) is 45.0 Å². The summed E-state index contributed by atoms with van der Waals surface area (Å²) in [5.41, 5.74) is 3.40. The number of benzene rings is 2. The molecule has 1 aliphatic rings. The number of rotatable bonds is 7. The molecule has 162 valence electrons. The van der Waals surface area contributed by atoms with Crippen LogP contribution < -0.4 is 10.1 Å². The Kier molecular flexibility index (Phi) is 7.19. The van der Waals surface area contributed by atoms with E-state index in [1.54, 1.807) is 0 Å². The molecule has 1 aliphatic heterocycles. The van der Waals surface area contributed by atoms with Gasteiger partial charge in [0.2, 0.25) is 0 Å². The van der Waals surface area contributed by atoms with E-state index in [2.05, 4.69) is 55.3 Å². The van der Waals surface area contributed by atoms with Crippen LogP contribution in [0.15, 0.2) is 48.5 Å². The second-order valence-electron chi connectivity index (χ2n) is 9.53. The first-order chi connectivity index (χ1) is 14.2. The van der Waals surface area contributed by atoms with Crippen LogP contribution in [0.1, 0.15) is 75.0 Å². The number of hydrogen-bond donors (Lipinski definition) is 1. The summed E-state index contributed by atoms with van der Waals surface area (Å²) in [5.74, 6) is 0.747. The molecular formula is C26H36N2O2. The summed E-state index contributed by atoms with van der Waals surface area (Å²) in [6, 6.07) is 16.5. The molecule has 0 bridgehead atoms. The van der Waals surface area contributed by atoms with Crippen molar-refractivity contribution in [3.63, 3.8) is 0 Å². The van der Waals surface area contributed by atoms with Crippen LogP contribution in [-0.4, -0.2) is 36.5 Å². The molecule has 1 fully saturated rings. The van der Waals surface area contributed by atoms with Crippen molar-refractivity contribution >= 4 is 5.91 Å². The smallest absolute Gasteiger partial charge is 0.251 e. The summed E-state index contributed by atoms with van der Waals surface area (Å²) in [7, 11) is 0. The van der Waals surface area contributed by atoms with Crippen molar-refractivity contribution in [2.24, 2.45) is 0 Å². The lowest BCUT2D eigenvalue weighted by atomic mass is 9.86. The normalized spacial score (nSPS) is 15.9. The molecule has 1 heterocycles. The molecule has 1 atom stereocenters. The molecule has 0 aromatic heterocycles. The third-order valence-corrected chi connectivity index (χ3v) is 5.69. The highest BCUT2D eigenvalue weighted by Crippen LogP contribution is 2.28. The maximum Gasteiger partial charge on any atom is 0.251 e. The lowest BCUT2D eigenvalue weighted by Crippen LogP contribution is -2.36. The number of nitrogens with zero attached hydrogens (tertiary/aromatic N) is 1. The van der Waals surface area contributed by atoms with E-state index in [1.807, 2.05) is 38.1 Å². The quantitative estimate of drug-likeness (QED) is 0.672. The van der Waals surface area contributed by atoms with Gasteiger partial charge in [0.25, 0.3) is 5.91 Å². The van der Waals surface area contributed by atoms with Gasteiger partial charge in [0.15, 0.2) is 0 Å². The zero-order valence-corrected chi connectivity index (χ0v) is 19.1. The predicted molar refractivity (Wildman–Crippen MR) is 123 cm³/mol. The maximum atomic E-state index is 12.7. The van der Waals surface area contributed by atoms with Crippen molar-refractivity contribution in [2.75, 3.05) is 19.6 Å². The largest absolute Gasteiger partial charge is 0.491 e. The fourth-order valence-corrected chi connectivity index (χ4v) is 3.96. The van der Waals surface area contributed by atoms with E-state index in [0.29, 0.717) is 12.1 Å². The lowest BCUT2D eigenvalue weighted by molar-refractivity contribution is 0.0938. The first-order valence-electron chi connectivity index (χ1n) is 11.1. The van der Waals surface area contributed by atoms with E-state index in [1.165, 1.54) is 24.0 Å². The zero-order valence-electron chi connectivity index (χ0n) is 19.1. The molecule has 2 aromatic rings. The zero-order chi connectivity index (χ0) is 21.7. The Morgan fingerprint density at radius 3 is 2.13 bits per heavy atom. The Morgan fingerprint density at radius 2 is 1.60 bits per heavy atom. The standard InChI is InChI=1S/C26H36N2O2/c1-19(2)30-23-14-10-21(11-15-23)25(29)27-18-24(28-16-6-7-17-28)20-8-12-22(13-9-20)26(3,4)5/h8-15,19,24H,6-7,16-18H2,1-5H3,(H,27,29). The van der Waals surface area contributed by atoms with E-state index in [4.69, 9.17) is 4.74 Å². The number of hydrogen-bond acceptors (Lipinski definition) is 3. The van der Waals surface area contributed by atoms with E-state index in [9.17, 15) is 4.79 Å². The fourth-order valence-electron chi connectivity index (χ4n) is 3.96. The Labute approximate surface area is 181 Å². The van der Waals surface area contributed by atoms with Crippen molar-refractivity contribution in [3.05, 3.63) is 65.2 Å². The van der Waals surface area contributed by atoms with Gasteiger partial charge in [-0.3, -0.25) is 9.69 Å². The van der Waals surface area contributed by atoms with Gasteiger partial charge in [0.05, 0.1) is 12.1 Å². The number of amides is 1. The van der Waals surface area contributed by atoms with E-state index in [-0.39, 0.29) is 23.5 Å². The topological polar surface area (TPSA) is 41.6 Å². The summed E-state index contributed by atoms with van der Waals surface area (Å²) >= 11 is 0. The second-order valence-corrected chi connectivity index (χ2v) is 9.53. The van der Waals surface area contributed by atoms with Crippen LogP contribution in [0.4, 0.5) is 0 Å². The third kappa shape index (κ3) is 5.85. The SMILES string of the molecule is CC(C)Oc1ccc(C(=O)NCC(c2ccc(C(C)(C)C)cc2)N2CCCC2)cc1. The molecule has 2 aromatic carbocycles. The number of likely N-dealkylation sites (tertiary alicyclic amines) is 1. The van der Waals surface area contributed by atoms with E-state index >= 15 is 0 Å². The van der Waals surface area contributed by atoms with Crippen LogP contribution in [0.3, 0.4) is 0 Å². The molecule has 1 N–H and O–H groups in total. The van der Waals surface area contributed by atoms with Gasteiger partial charge in [-0.2, -0.15) is 0 Å². The first-order valence-corrected chi connectivity index (χ1v) is 11.1. The summed E-state index contributed by atoms with van der Waals surface area (Å²) in [4.78, 5) is 15.2. The number of carbonyl (C=O) groups excluding carboxylic acids is 1. The third-order valence-electron chi connectivity index (χ3n) is 5.69. The van der Waals surface area contributed by atoms with Gasteiger partial charge in [0.1, 0.15) is 5.75 Å². The summed E-state index contributed by atoms with van der Waals surface area (Å²) in [5, 5.41) is 3.16. The van der Waals surface area contributed by atoms with Crippen molar-refractivity contribution in [1.82, 2.24) is 10.2 Å². The van der Waals surface area contributed by atoms with Gasteiger partial charge in [-0.25, -0.2) is 0 Å². The van der Waals surface area contributed by atoms with Crippen LogP contribution in [0.2, 0.25) is 0 Å². The van der Waals surface area contributed by atoms with Crippen LogP contribution >= 0.6 is 0 Å². The van der Waals surface area contributed by atoms with E-state index < -0.39 is 0 Å². The van der Waals surface area contributed by atoms with E-state index in [0.717, 1.165) is 18.8 Å². The van der Waals surface area contributed by atoms with Crippen LogP contribution in [0, 0.1) is 0 Å². The van der Waals surface area contributed by atoms with Gasteiger partial charge in [0, 0.05) is 12.1 Å². The highest BCUT2D eigenvalue weighted by atomic mass is 16.5. The van der Waals surface area contributed by atoms with Gasteiger partial charge < -0.3 is 10.1 Å². The summed E-state index contributed by atoms with van der Waals surface area (Å²) in [6.45, 7) is 13.5. The van der Waals surface area contributed by atoms with Crippen LogP contribution in [-0.2, 0) is 5.41 Å². The number of nitrogens with one attached hydrogen (secondary N) is 1. The molecule has 4 heteroatoms. The summed E-state index contributed by atoms with van der Waals surface area (Å²) in [6.07, 6.45) is 2.57. The Hall–Kier alpha value is -2.33. The highest BCUT2D eigenvalue weighted by Gasteiger charge is 2.25. The van der Waals surface area contributed by atoms with Gasteiger partial charge in [-0.15, -0.1) is 0 Å². The molecule has 1 saturated heterocycles. The molecule has 4 nitrogen and oxygen atoms in total.